The highest BCUT2D eigenvalue weighted by molar-refractivity contribution is 6.30. The van der Waals surface area contributed by atoms with Gasteiger partial charge in [-0.3, -0.25) is 0 Å². The molecule has 1 saturated heterocycles. The van der Waals surface area contributed by atoms with Crippen LogP contribution in [0.3, 0.4) is 0 Å². The molecule has 2 heterocycles. The van der Waals surface area contributed by atoms with E-state index in [1.165, 1.54) is 6.20 Å². The summed E-state index contributed by atoms with van der Waals surface area (Å²) in [6, 6.07) is 1.97. The maximum atomic E-state index is 8.74. The van der Waals surface area contributed by atoms with E-state index in [-0.39, 0.29) is 5.15 Å². The molecule has 1 aliphatic rings. The highest BCUT2D eigenvalue weighted by Crippen LogP contribution is 2.24. The Balaban J connectivity index is 2.21. The molecule has 0 amide bonds. The lowest BCUT2D eigenvalue weighted by atomic mass is 9.97. The molecule has 0 bridgehead atoms. The smallest absolute Gasteiger partial charge is 0.150 e. The Morgan fingerprint density at radius 2 is 2.44 bits per heavy atom. The Kier molecular flexibility index (Phi) is 3.37. The molecule has 1 aliphatic heterocycles. The molecule has 1 fully saturated rings. The summed E-state index contributed by atoms with van der Waals surface area (Å²) in [5.41, 5.74) is 0.342. The minimum Gasteiger partial charge on any atom is -0.306 e. The summed E-state index contributed by atoms with van der Waals surface area (Å²) in [5.74, 6) is 1.10. The first-order valence-electron chi connectivity index (χ1n) is 5.32. The fourth-order valence-electron chi connectivity index (χ4n) is 2.02. The monoisotopic (exact) mass is 236 g/mol. The minimum atomic E-state index is 0.265. The lowest BCUT2D eigenvalue weighted by Gasteiger charge is -2.28. The van der Waals surface area contributed by atoms with Crippen molar-refractivity contribution in [2.75, 3.05) is 20.1 Å². The van der Waals surface area contributed by atoms with E-state index < -0.39 is 0 Å². The van der Waals surface area contributed by atoms with Gasteiger partial charge in [0.2, 0.25) is 0 Å². The molecule has 2 rings (SSSR count). The highest BCUT2D eigenvalue weighted by atomic mass is 35.5. The molecule has 1 unspecified atom stereocenters. The minimum absolute atomic E-state index is 0.265. The van der Waals surface area contributed by atoms with E-state index in [9.17, 15) is 0 Å². The summed E-state index contributed by atoms with van der Waals surface area (Å²) in [4.78, 5) is 10.7. The molecule has 5 heteroatoms. The van der Waals surface area contributed by atoms with Crippen molar-refractivity contribution in [1.29, 1.82) is 5.26 Å². The number of nitriles is 1. The van der Waals surface area contributed by atoms with E-state index in [1.807, 2.05) is 6.07 Å². The standard InChI is InChI=1S/C11H13ClN4/c1-16-4-2-3-8(7-16)11-14-6-9(5-13)10(12)15-11/h6,8H,2-4,7H2,1H3. The van der Waals surface area contributed by atoms with Crippen molar-refractivity contribution < 1.29 is 0 Å². The molecule has 0 N–H and O–H groups in total. The third kappa shape index (κ3) is 2.31. The second-order valence-corrected chi connectivity index (χ2v) is 4.50. The summed E-state index contributed by atoms with van der Waals surface area (Å²) in [5, 5.41) is 9.00. The van der Waals surface area contributed by atoms with Gasteiger partial charge in [0.05, 0.1) is 0 Å². The number of aromatic nitrogens is 2. The zero-order valence-corrected chi connectivity index (χ0v) is 9.91. The van der Waals surface area contributed by atoms with Gasteiger partial charge < -0.3 is 4.90 Å². The molecular weight excluding hydrogens is 224 g/mol. The van der Waals surface area contributed by atoms with Crippen molar-refractivity contribution in [1.82, 2.24) is 14.9 Å². The molecule has 1 aromatic heterocycles. The molecule has 0 aromatic carbocycles. The Bertz CT molecular complexity index is 426. The first-order chi connectivity index (χ1) is 7.70. The fraction of sp³-hybridized carbons (Fsp3) is 0.545. The summed E-state index contributed by atoms with van der Waals surface area (Å²) in [6.45, 7) is 2.09. The second-order valence-electron chi connectivity index (χ2n) is 4.15. The van der Waals surface area contributed by atoms with Crippen molar-refractivity contribution in [2.24, 2.45) is 0 Å². The third-order valence-corrected chi connectivity index (χ3v) is 3.16. The van der Waals surface area contributed by atoms with Crippen LogP contribution in [0.25, 0.3) is 0 Å². The average molecular weight is 237 g/mol. The van der Waals surface area contributed by atoms with E-state index in [0.29, 0.717) is 11.5 Å². The summed E-state index contributed by atoms with van der Waals surface area (Å²) < 4.78 is 0. The number of halogens is 1. The van der Waals surface area contributed by atoms with Gasteiger partial charge in [-0.05, 0) is 26.4 Å². The Morgan fingerprint density at radius 1 is 1.62 bits per heavy atom. The maximum Gasteiger partial charge on any atom is 0.150 e. The summed E-state index contributed by atoms with van der Waals surface area (Å²) >= 11 is 5.90. The molecule has 4 nitrogen and oxygen atoms in total. The lowest BCUT2D eigenvalue weighted by molar-refractivity contribution is 0.246. The van der Waals surface area contributed by atoms with Crippen molar-refractivity contribution in [3.63, 3.8) is 0 Å². The molecular formula is C11H13ClN4. The SMILES string of the molecule is CN1CCCC(c2ncc(C#N)c(Cl)n2)C1. The zero-order valence-electron chi connectivity index (χ0n) is 9.15. The second kappa shape index (κ2) is 4.77. The molecule has 0 aliphatic carbocycles. The number of nitrogens with zero attached hydrogens (tertiary/aromatic N) is 4. The topological polar surface area (TPSA) is 52.8 Å². The Labute approximate surface area is 99.9 Å². The van der Waals surface area contributed by atoms with E-state index in [1.54, 1.807) is 0 Å². The summed E-state index contributed by atoms with van der Waals surface area (Å²) in [6.07, 6.45) is 3.76. The van der Waals surface area contributed by atoms with Gasteiger partial charge in [0.1, 0.15) is 17.5 Å². The van der Waals surface area contributed by atoms with Crippen LogP contribution < -0.4 is 0 Å². The van der Waals surface area contributed by atoms with Crippen LogP contribution in [0.1, 0.15) is 30.1 Å². The number of likely N-dealkylation sites (tertiary alicyclic amines) is 1. The summed E-state index contributed by atoms with van der Waals surface area (Å²) in [7, 11) is 2.09. The average Bonchev–Trinajstić information content (AvgIpc) is 2.29. The lowest BCUT2D eigenvalue weighted by Crippen LogP contribution is -2.31. The Hall–Kier alpha value is -1.18. The molecule has 84 valence electrons. The van der Waals surface area contributed by atoms with Crippen LogP contribution in [-0.2, 0) is 0 Å². The van der Waals surface area contributed by atoms with Crippen LogP contribution in [-0.4, -0.2) is 35.0 Å². The van der Waals surface area contributed by atoms with Crippen LogP contribution in [0.5, 0.6) is 0 Å². The van der Waals surface area contributed by atoms with Crippen LogP contribution in [0.4, 0.5) is 0 Å². The quantitative estimate of drug-likeness (QED) is 0.698. The predicted molar refractivity (Wildman–Crippen MR) is 61.2 cm³/mol. The van der Waals surface area contributed by atoms with Crippen LogP contribution in [0, 0.1) is 11.3 Å². The first kappa shape index (κ1) is 11.3. The van der Waals surface area contributed by atoms with Gasteiger partial charge in [0, 0.05) is 18.7 Å². The van der Waals surface area contributed by atoms with Crippen molar-refractivity contribution >= 4 is 11.6 Å². The third-order valence-electron chi connectivity index (χ3n) is 2.87. The normalized spacial score (nSPS) is 21.7. The predicted octanol–water partition coefficient (Wildman–Crippen LogP) is 1.81. The number of piperidine rings is 1. The number of hydrogen-bond acceptors (Lipinski definition) is 4. The van der Waals surface area contributed by atoms with Gasteiger partial charge in [-0.1, -0.05) is 11.6 Å². The number of rotatable bonds is 1. The van der Waals surface area contributed by atoms with Gasteiger partial charge in [-0.25, -0.2) is 9.97 Å². The fourth-order valence-corrected chi connectivity index (χ4v) is 2.20. The van der Waals surface area contributed by atoms with E-state index in [4.69, 9.17) is 16.9 Å². The van der Waals surface area contributed by atoms with Gasteiger partial charge in [0.25, 0.3) is 0 Å². The highest BCUT2D eigenvalue weighted by Gasteiger charge is 2.21. The number of likely N-dealkylation sites (N-methyl/N-ethyl adjacent to an activating group) is 1. The zero-order chi connectivity index (χ0) is 11.5. The van der Waals surface area contributed by atoms with E-state index >= 15 is 0 Å². The van der Waals surface area contributed by atoms with E-state index in [2.05, 4.69) is 21.9 Å². The number of hydrogen-bond donors (Lipinski definition) is 0. The van der Waals surface area contributed by atoms with Crippen LogP contribution in [0.15, 0.2) is 6.20 Å². The van der Waals surface area contributed by atoms with Gasteiger partial charge in [-0.15, -0.1) is 0 Å². The van der Waals surface area contributed by atoms with Gasteiger partial charge in [0.15, 0.2) is 5.15 Å². The maximum absolute atomic E-state index is 8.74. The van der Waals surface area contributed by atoms with Gasteiger partial charge >= 0.3 is 0 Å². The molecule has 16 heavy (non-hydrogen) atoms. The van der Waals surface area contributed by atoms with Crippen LogP contribution >= 0.6 is 11.6 Å². The van der Waals surface area contributed by atoms with Crippen molar-refractivity contribution in [3.05, 3.63) is 22.7 Å². The first-order valence-corrected chi connectivity index (χ1v) is 5.69. The van der Waals surface area contributed by atoms with Crippen molar-refractivity contribution in [2.45, 2.75) is 18.8 Å². The van der Waals surface area contributed by atoms with Gasteiger partial charge in [-0.2, -0.15) is 5.26 Å². The largest absolute Gasteiger partial charge is 0.306 e. The molecule has 1 atom stereocenters. The molecule has 0 spiro atoms. The Morgan fingerprint density at radius 3 is 3.06 bits per heavy atom. The van der Waals surface area contributed by atoms with E-state index in [0.717, 1.165) is 31.8 Å². The molecule has 0 radical (unpaired) electrons. The molecule has 1 aromatic rings. The van der Waals surface area contributed by atoms with Crippen molar-refractivity contribution in [3.8, 4) is 6.07 Å². The van der Waals surface area contributed by atoms with Crippen LogP contribution in [0.2, 0.25) is 5.15 Å². The molecule has 0 saturated carbocycles.